The number of Topliss-reactive ketones (excluding diaryl/α,β-unsaturated/α-hetero) is 1. The molecule has 2 amide bonds. The Morgan fingerprint density at radius 1 is 1.36 bits per heavy atom. The van der Waals surface area contributed by atoms with Crippen molar-refractivity contribution in [2.75, 3.05) is 37.7 Å². The Labute approximate surface area is 151 Å². The lowest BCUT2D eigenvalue weighted by Crippen LogP contribution is -2.54. The normalized spacial score (nSPS) is 24.8. The summed E-state index contributed by atoms with van der Waals surface area (Å²) in [6, 6.07) is -0.652. The Balaban J connectivity index is 1.90. The standard InChI is InChI=1S/C16H25N3O5S/c1-10(20)18-13(15(22)19-6-4-17-5-7-19)9-25-8-12-11(16(23)24)2-3-14(12)21/h11-13,17H,2-9H2,1H3,(H,18,20)(H,23,24)/t11-,12+,13?/m1/s1. The van der Waals surface area contributed by atoms with Crippen LogP contribution in [0.25, 0.3) is 0 Å². The van der Waals surface area contributed by atoms with Crippen LogP contribution in [0.15, 0.2) is 0 Å². The van der Waals surface area contributed by atoms with Crippen molar-refractivity contribution < 1.29 is 24.3 Å². The van der Waals surface area contributed by atoms with Gasteiger partial charge in [-0.25, -0.2) is 0 Å². The number of carboxylic acids is 1. The number of amides is 2. The number of thioether (sulfide) groups is 1. The Bertz CT molecular complexity index is 536. The maximum absolute atomic E-state index is 12.6. The smallest absolute Gasteiger partial charge is 0.307 e. The fourth-order valence-electron chi connectivity index (χ4n) is 3.25. The quantitative estimate of drug-likeness (QED) is 0.544. The molecule has 8 nitrogen and oxygen atoms in total. The van der Waals surface area contributed by atoms with Crippen molar-refractivity contribution in [2.24, 2.45) is 11.8 Å². The first-order valence-corrected chi connectivity index (χ1v) is 9.65. The number of hydrogen-bond donors (Lipinski definition) is 3. The summed E-state index contributed by atoms with van der Waals surface area (Å²) in [6.45, 7) is 4.01. The van der Waals surface area contributed by atoms with Crippen LogP contribution in [0.3, 0.4) is 0 Å². The summed E-state index contributed by atoms with van der Waals surface area (Å²) in [4.78, 5) is 48.9. The van der Waals surface area contributed by atoms with Crippen LogP contribution >= 0.6 is 11.8 Å². The third-order valence-corrected chi connectivity index (χ3v) is 5.77. The van der Waals surface area contributed by atoms with Crippen molar-refractivity contribution in [2.45, 2.75) is 25.8 Å². The molecule has 1 heterocycles. The molecule has 2 rings (SSSR count). The van der Waals surface area contributed by atoms with Gasteiger partial charge in [-0.1, -0.05) is 0 Å². The van der Waals surface area contributed by atoms with Crippen molar-refractivity contribution in [1.82, 2.24) is 15.5 Å². The van der Waals surface area contributed by atoms with E-state index in [2.05, 4.69) is 10.6 Å². The summed E-state index contributed by atoms with van der Waals surface area (Å²) in [5.74, 6) is -1.82. The van der Waals surface area contributed by atoms with Crippen molar-refractivity contribution in [3.8, 4) is 0 Å². The molecule has 0 bridgehead atoms. The van der Waals surface area contributed by atoms with Crippen LogP contribution in [0.1, 0.15) is 19.8 Å². The second kappa shape index (κ2) is 9.19. The van der Waals surface area contributed by atoms with Crippen LogP contribution in [0.2, 0.25) is 0 Å². The average molecular weight is 371 g/mol. The van der Waals surface area contributed by atoms with Crippen molar-refractivity contribution in [3.05, 3.63) is 0 Å². The summed E-state index contributed by atoms with van der Waals surface area (Å²) in [7, 11) is 0. The zero-order chi connectivity index (χ0) is 18.4. The minimum absolute atomic E-state index is 0.0237. The molecule has 1 aliphatic carbocycles. The molecule has 0 aromatic rings. The lowest BCUT2D eigenvalue weighted by atomic mass is 9.98. The third-order valence-electron chi connectivity index (χ3n) is 4.60. The molecule has 9 heteroatoms. The van der Waals surface area contributed by atoms with E-state index >= 15 is 0 Å². The van der Waals surface area contributed by atoms with Gasteiger partial charge >= 0.3 is 5.97 Å². The van der Waals surface area contributed by atoms with Gasteiger partial charge in [0.25, 0.3) is 0 Å². The predicted molar refractivity (Wildman–Crippen MR) is 93.2 cm³/mol. The Morgan fingerprint density at radius 3 is 2.64 bits per heavy atom. The summed E-state index contributed by atoms with van der Waals surface area (Å²) in [5, 5.41) is 15.0. The van der Waals surface area contributed by atoms with E-state index < -0.39 is 23.8 Å². The SMILES string of the molecule is CC(=O)NC(CSC[C@@H]1C(=O)CC[C@H]1C(=O)O)C(=O)N1CCNCC1. The highest BCUT2D eigenvalue weighted by Gasteiger charge is 2.39. The lowest BCUT2D eigenvalue weighted by Gasteiger charge is -2.31. The second-order valence-electron chi connectivity index (χ2n) is 6.42. The molecule has 0 aromatic carbocycles. The number of nitrogens with zero attached hydrogens (tertiary/aromatic N) is 1. The number of rotatable bonds is 7. The summed E-state index contributed by atoms with van der Waals surface area (Å²) in [5.41, 5.74) is 0. The van der Waals surface area contributed by atoms with E-state index in [1.165, 1.54) is 18.7 Å². The van der Waals surface area contributed by atoms with Gasteiger partial charge in [-0.15, -0.1) is 0 Å². The van der Waals surface area contributed by atoms with E-state index in [-0.39, 0.29) is 17.6 Å². The third kappa shape index (κ3) is 5.43. The highest BCUT2D eigenvalue weighted by atomic mass is 32.2. The van der Waals surface area contributed by atoms with Gasteiger partial charge in [0.1, 0.15) is 11.8 Å². The molecular formula is C16H25N3O5S. The van der Waals surface area contributed by atoms with E-state index in [1.807, 2.05) is 0 Å². The lowest BCUT2D eigenvalue weighted by molar-refractivity contribution is -0.143. The molecule has 3 atom stereocenters. The monoisotopic (exact) mass is 371 g/mol. The molecule has 3 N–H and O–H groups in total. The maximum atomic E-state index is 12.6. The van der Waals surface area contributed by atoms with E-state index in [0.29, 0.717) is 37.4 Å². The molecule has 0 spiro atoms. The van der Waals surface area contributed by atoms with Crippen molar-refractivity contribution >= 4 is 35.3 Å². The zero-order valence-electron chi connectivity index (χ0n) is 14.3. The summed E-state index contributed by atoms with van der Waals surface area (Å²) < 4.78 is 0. The van der Waals surface area contributed by atoms with Crippen LogP contribution in [-0.4, -0.2) is 77.3 Å². The molecular weight excluding hydrogens is 346 g/mol. The minimum Gasteiger partial charge on any atom is -0.481 e. The Hall–Kier alpha value is -1.61. The number of carbonyl (C=O) groups excluding carboxylic acids is 3. The van der Waals surface area contributed by atoms with Crippen molar-refractivity contribution in [1.29, 1.82) is 0 Å². The topological polar surface area (TPSA) is 116 Å². The largest absolute Gasteiger partial charge is 0.481 e. The average Bonchev–Trinajstić information content (AvgIpc) is 2.95. The van der Waals surface area contributed by atoms with Gasteiger partial charge in [-0.3, -0.25) is 19.2 Å². The van der Waals surface area contributed by atoms with E-state index in [9.17, 15) is 24.3 Å². The number of carboxylic acid groups (broad SMARTS) is 1. The number of ketones is 1. The molecule has 1 aliphatic heterocycles. The molecule has 1 saturated heterocycles. The van der Waals surface area contributed by atoms with Gasteiger partial charge in [0.15, 0.2) is 0 Å². The van der Waals surface area contributed by atoms with Crippen LogP contribution in [0.4, 0.5) is 0 Å². The first-order valence-electron chi connectivity index (χ1n) is 8.50. The number of carbonyl (C=O) groups is 4. The maximum Gasteiger partial charge on any atom is 0.307 e. The second-order valence-corrected chi connectivity index (χ2v) is 7.50. The summed E-state index contributed by atoms with van der Waals surface area (Å²) >= 11 is 1.36. The van der Waals surface area contributed by atoms with Gasteiger partial charge in [0.05, 0.1) is 5.92 Å². The minimum atomic E-state index is -0.938. The van der Waals surface area contributed by atoms with Crippen LogP contribution in [-0.2, 0) is 19.2 Å². The predicted octanol–water partition coefficient (Wildman–Crippen LogP) is -0.664. The highest BCUT2D eigenvalue weighted by molar-refractivity contribution is 7.99. The van der Waals surface area contributed by atoms with Gasteiger partial charge in [-0.05, 0) is 6.42 Å². The molecule has 0 aromatic heterocycles. The van der Waals surface area contributed by atoms with Gasteiger partial charge in [0.2, 0.25) is 11.8 Å². The van der Waals surface area contributed by atoms with Crippen LogP contribution in [0.5, 0.6) is 0 Å². The zero-order valence-corrected chi connectivity index (χ0v) is 15.1. The molecule has 140 valence electrons. The molecule has 0 radical (unpaired) electrons. The Morgan fingerprint density at radius 2 is 2.04 bits per heavy atom. The fraction of sp³-hybridized carbons (Fsp3) is 0.750. The Kier molecular flexibility index (Phi) is 7.24. The first kappa shape index (κ1) is 19.7. The van der Waals surface area contributed by atoms with Crippen molar-refractivity contribution in [3.63, 3.8) is 0 Å². The number of hydrogen-bond acceptors (Lipinski definition) is 6. The van der Waals surface area contributed by atoms with Gasteiger partial charge in [0, 0.05) is 56.9 Å². The molecule has 2 fully saturated rings. The molecule has 1 saturated carbocycles. The molecule has 25 heavy (non-hydrogen) atoms. The molecule has 1 unspecified atom stereocenters. The number of aliphatic carboxylic acids is 1. The molecule has 2 aliphatic rings. The fourth-order valence-corrected chi connectivity index (χ4v) is 4.52. The van der Waals surface area contributed by atoms with E-state index in [0.717, 1.165) is 13.1 Å². The van der Waals surface area contributed by atoms with Gasteiger partial charge < -0.3 is 20.6 Å². The van der Waals surface area contributed by atoms with Crippen LogP contribution in [0, 0.1) is 11.8 Å². The van der Waals surface area contributed by atoms with Gasteiger partial charge in [-0.2, -0.15) is 11.8 Å². The first-order chi connectivity index (χ1) is 11.9. The van der Waals surface area contributed by atoms with E-state index in [1.54, 1.807) is 4.90 Å². The number of nitrogens with one attached hydrogen (secondary N) is 2. The highest BCUT2D eigenvalue weighted by Crippen LogP contribution is 2.31. The number of piperazine rings is 1. The summed E-state index contributed by atoms with van der Waals surface area (Å²) in [6.07, 6.45) is 0.686. The van der Waals surface area contributed by atoms with Crippen LogP contribution < -0.4 is 10.6 Å². The van der Waals surface area contributed by atoms with E-state index in [4.69, 9.17) is 0 Å².